The van der Waals surface area contributed by atoms with E-state index in [2.05, 4.69) is 9.97 Å². The Morgan fingerprint density at radius 3 is 2.49 bits per heavy atom. The van der Waals surface area contributed by atoms with Crippen LogP contribution in [0.1, 0.15) is 42.6 Å². The molecule has 5 rings (SSSR count). The molecule has 0 bridgehead atoms. The van der Waals surface area contributed by atoms with Gasteiger partial charge in [-0.1, -0.05) is 0 Å². The van der Waals surface area contributed by atoms with Gasteiger partial charge in [0.2, 0.25) is 0 Å². The van der Waals surface area contributed by atoms with Gasteiger partial charge in [0.1, 0.15) is 34.8 Å². The third-order valence-electron chi connectivity index (χ3n) is 6.86. The summed E-state index contributed by atoms with van der Waals surface area (Å²) in [4.78, 5) is 28.7. The minimum absolute atomic E-state index is 0.00451. The van der Waals surface area contributed by atoms with Crippen LogP contribution >= 0.6 is 0 Å². The molecule has 1 fully saturated rings. The van der Waals surface area contributed by atoms with Crippen LogP contribution in [0.2, 0.25) is 0 Å². The Kier molecular flexibility index (Phi) is 6.45. The summed E-state index contributed by atoms with van der Waals surface area (Å²) in [5.74, 6) is -0.383. The molecule has 204 valence electrons. The highest BCUT2D eigenvalue weighted by atomic mass is 19.4. The Balaban J connectivity index is 1.70. The molecule has 0 N–H and O–H groups in total. The Labute approximate surface area is 222 Å². The van der Waals surface area contributed by atoms with Crippen molar-refractivity contribution < 1.29 is 22.3 Å². The predicted octanol–water partition coefficient (Wildman–Crippen LogP) is 5.52. The molecule has 0 radical (unpaired) electrons. The maximum Gasteiger partial charge on any atom is 0.416 e. The van der Waals surface area contributed by atoms with Gasteiger partial charge in [-0.25, -0.2) is 14.4 Å². The second kappa shape index (κ2) is 9.41. The minimum Gasteiger partial charge on any atom is -0.364 e. The molecule has 0 aliphatic carbocycles. The molecule has 0 spiro atoms. The average Bonchev–Trinajstić information content (AvgIpc) is 2.85. The fraction of sp³-hybridized carbons (Fsp3) is 0.357. The van der Waals surface area contributed by atoms with Gasteiger partial charge in [0.15, 0.2) is 0 Å². The molecule has 3 aromatic heterocycles. The van der Waals surface area contributed by atoms with Crippen molar-refractivity contribution in [1.29, 1.82) is 0 Å². The first-order valence-corrected chi connectivity index (χ1v) is 12.3. The number of ether oxygens (including phenoxy) is 1. The highest BCUT2D eigenvalue weighted by molar-refractivity contribution is 5.93. The van der Waals surface area contributed by atoms with Crippen molar-refractivity contribution in [3.8, 4) is 11.3 Å². The summed E-state index contributed by atoms with van der Waals surface area (Å²) < 4.78 is 62.6. The fourth-order valence-corrected chi connectivity index (χ4v) is 4.90. The average molecular weight is 542 g/mol. The zero-order valence-electron chi connectivity index (χ0n) is 22.1. The summed E-state index contributed by atoms with van der Waals surface area (Å²) in [6.45, 7) is 8.15. The van der Waals surface area contributed by atoms with Crippen LogP contribution in [0.4, 0.5) is 23.4 Å². The highest BCUT2D eigenvalue weighted by Gasteiger charge is 2.36. The van der Waals surface area contributed by atoms with Crippen molar-refractivity contribution in [2.75, 3.05) is 18.0 Å². The number of morpholine rings is 1. The molecule has 0 unspecified atom stereocenters. The summed E-state index contributed by atoms with van der Waals surface area (Å²) in [5.41, 5.74) is -0.417. The number of anilines is 1. The van der Waals surface area contributed by atoms with E-state index < -0.39 is 23.2 Å². The lowest BCUT2D eigenvalue weighted by Crippen LogP contribution is -2.50. The number of halogens is 4. The number of rotatable bonds is 3. The summed E-state index contributed by atoms with van der Waals surface area (Å²) in [5, 5.41) is 0.183. The molecule has 1 atom stereocenters. The monoisotopic (exact) mass is 541 g/mol. The summed E-state index contributed by atoms with van der Waals surface area (Å²) >= 11 is 0. The molecule has 0 saturated carbocycles. The molecule has 1 aliphatic rings. The number of hydrogen-bond donors (Lipinski definition) is 0. The second-order valence-electron chi connectivity index (χ2n) is 10.4. The maximum atomic E-state index is 15.2. The van der Waals surface area contributed by atoms with E-state index >= 15 is 4.39 Å². The van der Waals surface area contributed by atoms with E-state index in [1.54, 1.807) is 26.2 Å². The number of hydrogen-bond acceptors (Lipinski definition) is 6. The van der Waals surface area contributed by atoms with Gasteiger partial charge in [-0.2, -0.15) is 13.2 Å². The molecule has 1 aromatic carbocycles. The van der Waals surface area contributed by atoms with Gasteiger partial charge in [0, 0.05) is 37.6 Å². The Hall–Kier alpha value is -3.86. The lowest BCUT2D eigenvalue weighted by molar-refractivity contribution is -0.137. The van der Waals surface area contributed by atoms with Crippen molar-refractivity contribution in [3.05, 3.63) is 81.4 Å². The summed E-state index contributed by atoms with van der Waals surface area (Å²) in [7, 11) is 1.57. The van der Waals surface area contributed by atoms with Crippen molar-refractivity contribution in [2.45, 2.75) is 45.6 Å². The van der Waals surface area contributed by atoms with Gasteiger partial charge in [-0.05, 0) is 69.7 Å². The molecule has 0 amide bonds. The standard InChI is InChI=1S/C28H27F4N5O2/c1-15-10-17(8-9-33-15)22-13-37(14-27(3,4)39-22)23-12-20-25(34-16(2)36(5)26(20)38)24(35-23)19-7-6-18(11-21(19)29)28(30,31)32/h6-12,22H,13-14H2,1-5H3/t22-/m1/s1. The van der Waals surface area contributed by atoms with E-state index in [-0.39, 0.29) is 33.8 Å². The third kappa shape index (κ3) is 5.10. The van der Waals surface area contributed by atoms with Crippen LogP contribution in [0.5, 0.6) is 0 Å². The van der Waals surface area contributed by atoms with Crippen LogP contribution in [0.25, 0.3) is 22.2 Å². The van der Waals surface area contributed by atoms with Crippen LogP contribution in [-0.4, -0.2) is 38.2 Å². The molecule has 39 heavy (non-hydrogen) atoms. The third-order valence-corrected chi connectivity index (χ3v) is 6.86. The first kappa shape index (κ1) is 26.7. The van der Waals surface area contributed by atoms with Gasteiger partial charge in [-0.15, -0.1) is 0 Å². The Morgan fingerprint density at radius 1 is 1.08 bits per heavy atom. The molecule has 4 heterocycles. The van der Waals surface area contributed by atoms with E-state index in [0.29, 0.717) is 30.8 Å². The number of alkyl halides is 3. The van der Waals surface area contributed by atoms with E-state index in [1.165, 1.54) is 4.57 Å². The topological polar surface area (TPSA) is 73.1 Å². The fourth-order valence-electron chi connectivity index (χ4n) is 4.90. The lowest BCUT2D eigenvalue weighted by atomic mass is 10.0. The number of pyridine rings is 2. The first-order chi connectivity index (χ1) is 18.2. The number of benzene rings is 1. The zero-order chi connectivity index (χ0) is 28.3. The van der Waals surface area contributed by atoms with Gasteiger partial charge in [0.25, 0.3) is 5.56 Å². The van der Waals surface area contributed by atoms with Crippen molar-refractivity contribution in [2.24, 2.45) is 7.05 Å². The molecular formula is C28H27F4N5O2. The zero-order valence-corrected chi connectivity index (χ0v) is 22.1. The van der Waals surface area contributed by atoms with Crippen LogP contribution in [0, 0.1) is 19.7 Å². The smallest absolute Gasteiger partial charge is 0.364 e. The summed E-state index contributed by atoms with van der Waals surface area (Å²) in [6, 6.07) is 7.67. The SMILES string of the molecule is Cc1cc([C@H]2CN(c3cc4c(=O)n(C)c(C)nc4c(-c4ccc(C(F)(F)F)cc4F)n3)CC(C)(C)O2)ccn1. The normalized spacial score (nSPS) is 17.6. The van der Waals surface area contributed by atoms with Gasteiger partial charge in [-0.3, -0.25) is 14.3 Å². The minimum atomic E-state index is -4.71. The van der Waals surface area contributed by atoms with Crippen molar-refractivity contribution in [1.82, 2.24) is 19.5 Å². The number of fused-ring (bicyclic) bond motifs is 1. The van der Waals surface area contributed by atoms with E-state index in [1.807, 2.05) is 37.8 Å². The predicted molar refractivity (Wildman–Crippen MR) is 139 cm³/mol. The summed E-state index contributed by atoms with van der Waals surface area (Å²) in [6.07, 6.45) is -3.35. The number of aryl methyl sites for hydroxylation is 2. The van der Waals surface area contributed by atoms with Gasteiger partial charge >= 0.3 is 6.18 Å². The molecule has 7 nitrogen and oxygen atoms in total. The van der Waals surface area contributed by atoms with Crippen LogP contribution in [0.3, 0.4) is 0 Å². The van der Waals surface area contributed by atoms with Crippen LogP contribution < -0.4 is 10.5 Å². The number of nitrogens with zero attached hydrogens (tertiary/aromatic N) is 5. The Bertz CT molecular complexity index is 1650. The molecule has 1 aliphatic heterocycles. The second-order valence-corrected chi connectivity index (χ2v) is 10.4. The molecule has 1 saturated heterocycles. The van der Waals surface area contributed by atoms with Gasteiger partial charge in [0.05, 0.1) is 16.6 Å². The van der Waals surface area contributed by atoms with Crippen LogP contribution in [0.15, 0.2) is 47.4 Å². The van der Waals surface area contributed by atoms with E-state index in [9.17, 15) is 18.0 Å². The van der Waals surface area contributed by atoms with Crippen molar-refractivity contribution in [3.63, 3.8) is 0 Å². The van der Waals surface area contributed by atoms with Crippen LogP contribution in [-0.2, 0) is 18.0 Å². The lowest BCUT2D eigenvalue weighted by Gasteiger charge is -2.43. The highest BCUT2D eigenvalue weighted by Crippen LogP contribution is 2.37. The number of aromatic nitrogens is 4. The first-order valence-electron chi connectivity index (χ1n) is 12.3. The quantitative estimate of drug-likeness (QED) is 0.318. The van der Waals surface area contributed by atoms with Crippen molar-refractivity contribution >= 4 is 16.7 Å². The van der Waals surface area contributed by atoms with Gasteiger partial charge < -0.3 is 9.64 Å². The largest absolute Gasteiger partial charge is 0.416 e. The molecular weight excluding hydrogens is 514 g/mol. The Morgan fingerprint density at radius 2 is 1.82 bits per heavy atom. The molecule has 11 heteroatoms. The maximum absolute atomic E-state index is 15.2. The van der Waals surface area contributed by atoms with E-state index in [4.69, 9.17) is 9.72 Å². The van der Waals surface area contributed by atoms with E-state index in [0.717, 1.165) is 23.4 Å². The molecule has 4 aromatic rings.